The molecule has 0 unspecified atom stereocenters. The van der Waals surface area contributed by atoms with Gasteiger partial charge in [0.15, 0.2) is 16.0 Å². The van der Waals surface area contributed by atoms with E-state index in [-0.39, 0.29) is 12.3 Å². The number of pyridine rings is 1. The molecule has 0 saturated carbocycles. The Morgan fingerprint density at radius 2 is 2.21 bits per heavy atom. The number of Topliss-reactive ketones (excluding diaryl/α,β-unsaturated/α-hetero) is 1. The Balaban J connectivity index is 2.91. The summed E-state index contributed by atoms with van der Waals surface area (Å²) in [6.45, 7) is 0.0604. The van der Waals surface area contributed by atoms with Crippen LogP contribution in [0, 0.1) is 0 Å². The second kappa shape index (κ2) is 4.96. The van der Waals surface area contributed by atoms with Gasteiger partial charge in [-0.15, -0.1) is 0 Å². The molecule has 0 aromatic carbocycles. The van der Waals surface area contributed by atoms with Gasteiger partial charge in [-0.2, -0.15) is 0 Å². The van der Waals surface area contributed by atoms with Gasteiger partial charge < -0.3 is 0 Å². The second-order valence-corrected chi connectivity index (χ2v) is 4.54. The van der Waals surface area contributed by atoms with Crippen LogP contribution in [-0.4, -0.2) is 10.6 Å². The van der Waals surface area contributed by atoms with E-state index in [0.717, 1.165) is 0 Å². The number of alkyl halides is 2. The lowest BCUT2D eigenvalue weighted by Gasteiger charge is -2.04. The van der Waals surface area contributed by atoms with Crippen LogP contribution in [0.25, 0.3) is 0 Å². The van der Waals surface area contributed by atoms with Gasteiger partial charge in [-0.3, -0.25) is 10.5 Å². The van der Waals surface area contributed by atoms with Crippen LogP contribution in [0.4, 0.5) is 5.82 Å². The first-order valence-corrected chi connectivity index (χ1v) is 5.43. The zero-order valence-electron chi connectivity index (χ0n) is 7.08. The van der Waals surface area contributed by atoms with Gasteiger partial charge >= 0.3 is 0 Å². The fourth-order valence-corrected chi connectivity index (χ4v) is 1.54. The van der Waals surface area contributed by atoms with Crippen LogP contribution in [0.5, 0.6) is 0 Å². The van der Waals surface area contributed by atoms with Crippen LogP contribution >= 0.6 is 39.1 Å². The van der Waals surface area contributed by atoms with E-state index < -0.39 is 4.84 Å². The van der Waals surface area contributed by atoms with E-state index in [0.29, 0.717) is 10.4 Å². The smallest absolute Gasteiger partial charge is 0.273 e. The van der Waals surface area contributed by atoms with Gasteiger partial charge in [-0.25, -0.2) is 4.57 Å². The Morgan fingerprint density at radius 3 is 2.71 bits per heavy atom. The van der Waals surface area contributed by atoms with Gasteiger partial charge in [-0.05, 0) is 28.1 Å². The Hall–Kier alpha value is -0.320. The van der Waals surface area contributed by atoms with Gasteiger partial charge in [0.2, 0.25) is 5.78 Å². The lowest BCUT2D eigenvalue weighted by molar-refractivity contribution is -0.680. The van der Waals surface area contributed by atoms with Crippen molar-refractivity contribution in [3.8, 4) is 0 Å². The van der Waals surface area contributed by atoms with Gasteiger partial charge in [0.05, 0.1) is 0 Å². The number of rotatable bonds is 3. The molecule has 1 rings (SSSR count). The molecule has 0 amide bonds. The van der Waals surface area contributed by atoms with E-state index in [1.807, 2.05) is 0 Å². The topological polar surface area (TPSA) is 47.0 Å². The molecule has 3 nitrogen and oxygen atoms in total. The maximum Gasteiger partial charge on any atom is 0.273 e. The highest BCUT2D eigenvalue weighted by Gasteiger charge is 2.18. The molecule has 0 aliphatic carbocycles. The van der Waals surface area contributed by atoms with Crippen LogP contribution in [0.2, 0.25) is 0 Å². The summed E-state index contributed by atoms with van der Waals surface area (Å²) in [5.41, 5.74) is 5.66. The molecule has 0 fully saturated rings. The fraction of sp³-hybridized carbons (Fsp3) is 0.250. The predicted molar refractivity (Wildman–Crippen MR) is 59.3 cm³/mol. The summed E-state index contributed by atoms with van der Waals surface area (Å²) in [5, 5.41) is 0. The highest BCUT2D eigenvalue weighted by Crippen LogP contribution is 2.08. The number of carbonyl (C=O) groups excluding carboxylic acids is 1. The van der Waals surface area contributed by atoms with Crippen molar-refractivity contribution in [1.29, 1.82) is 0 Å². The van der Waals surface area contributed by atoms with Gasteiger partial charge in [0.25, 0.3) is 5.82 Å². The minimum atomic E-state index is -1.02. The summed E-state index contributed by atoms with van der Waals surface area (Å²) in [4.78, 5) is 10.2. The number of nitrogen functional groups attached to an aromatic ring is 1. The number of aromatic nitrogens is 1. The molecule has 0 aliphatic rings. The first-order valence-electron chi connectivity index (χ1n) is 3.77. The molecule has 76 valence electrons. The summed E-state index contributed by atoms with van der Waals surface area (Å²) in [7, 11) is 0. The maximum atomic E-state index is 11.3. The number of nitrogens with zero attached hydrogens (tertiary/aromatic N) is 1. The van der Waals surface area contributed by atoms with Crippen molar-refractivity contribution < 1.29 is 9.36 Å². The van der Waals surface area contributed by atoms with E-state index in [9.17, 15) is 4.79 Å². The molecule has 0 saturated heterocycles. The van der Waals surface area contributed by atoms with Crippen molar-refractivity contribution in [3.63, 3.8) is 0 Å². The summed E-state index contributed by atoms with van der Waals surface area (Å²) < 4.78 is 2.29. The molecule has 1 heterocycles. The van der Waals surface area contributed by atoms with Gasteiger partial charge in [-0.1, -0.05) is 23.2 Å². The minimum Gasteiger partial charge on any atom is -0.292 e. The maximum absolute atomic E-state index is 11.3. The molecule has 0 radical (unpaired) electrons. The molecule has 6 heteroatoms. The van der Waals surface area contributed by atoms with Crippen LogP contribution in [0.15, 0.2) is 22.8 Å². The zero-order valence-corrected chi connectivity index (χ0v) is 10.2. The lowest BCUT2D eigenvalue weighted by atomic mass is 10.4. The van der Waals surface area contributed by atoms with Crippen molar-refractivity contribution >= 4 is 50.7 Å². The van der Waals surface area contributed by atoms with Crippen molar-refractivity contribution in [2.45, 2.75) is 11.4 Å². The summed E-state index contributed by atoms with van der Waals surface area (Å²) >= 11 is 14.1. The van der Waals surface area contributed by atoms with E-state index in [1.165, 1.54) is 0 Å². The molecule has 0 spiro atoms. The highest BCUT2D eigenvalue weighted by molar-refractivity contribution is 9.10. The third-order valence-electron chi connectivity index (χ3n) is 1.63. The summed E-state index contributed by atoms with van der Waals surface area (Å²) in [6, 6.07) is 5.25. The fourth-order valence-electron chi connectivity index (χ4n) is 0.921. The quantitative estimate of drug-likeness (QED) is 0.524. The number of nitrogens with two attached hydrogens (primary N) is 1. The molecular formula is C8H8BrCl2N2O+. The van der Waals surface area contributed by atoms with E-state index in [4.69, 9.17) is 28.9 Å². The van der Waals surface area contributed by atoms with Gasteiger partial charge in [0, 0.05) is 6.07 Å². The number of hydrogen-bond donors (Lipinski definition) is 1. The highest BCUT2D eigenvalue weighted by atomic mass is 79.9. The van der Waals surface area contributed by atoms with Crippen LogP contribution in [0.1, 0.15) is 0 Å². The first-order chi connectivity index (χ1) is 6.52. The average molecular weight is 299 g/mol. The minimum absolute atomic E-state index is 0.0604. The first kappa shape index (κ1) is 11.8. The number of anilines is 1. The Morgan fingerprint density at radius 1 is 1.57 bits per heavy atom. The van der Waals surface area contributed by atoms with Crippen molar-refractivity contribution in [3.05, 3.63) is 22.8 Å². The summed E-state index contributed by atoms with van der Waals surface area (Å²) in [5.74, 6) is 0.179. The molecule has 1 aromatic rings. The number of halogens is 3. The molecule has 0 atom stereocenters. The molecular weight excluding hydrogens is 291 g/mol. The third-order valence-corrected chi connectivity index (χ3v) is 2.81. The van der Waals surface area contributed by atoms with Crippen molar-refractivity contribution in [2.75, 3.05) is 5.73 Å². The second-order valence-electron chi connectivity index (χ2n) is 2.63. The molecule has 2 N–H and O–H groups in total. The monoisotopic (exact) mass is 297 g/mol. The molecule has 0 aliphatic heterocycles. The van der Waals surface area contributed by atoms with Crippen molar-refractivity contribution in [2.24, 2.45) is 0 Å². The largest absolute Gasteiger partial charge is 0.292 e. The predicted octanol–water partition coefficient (Wildman–Crippen LogP) is 1.69. The van der Waals surface area contributed by atoms with Crippen LogP contribution in [0.3, 0.4) is 0 Å². The zero-order chi connectivity index (χ0) is 10.7. The molecule has 0 bridgehead atoms. The van der Waals surface area contributed by atoms with Gasteiger partial charge in [0.1, 0.15) is 0 Å². The molecule has 14 heavy (non-hydrogen) atoms. The van der Waals surface area contributed by atoms with Crippen LogP contribution < -0.4 is 10.3 Å². The standard InChI is InChI=1S/C8H7BrCl2N2O/c9-6-2-1-3-7(12)13(6)4-5(14)8(10)11/h1-3,8,12H,4H2/p+1. The molecule has 1 aromatic heterocycles. The van der Waals surface area contributed by atoms with E-state index >= 15 is 0 Å². The summed E-state index contributed by atoms with van der Waals surface area (Å²) in [6.07, 6.45) is 0. The number of carbonyl (C=O) groups is 1. The van der Waals surface area contributed by atoms with Crippen LogP contribution in [-0.2, 0) is 11.3 Å². The Bertz CT molecular complexity index is 337. The average Bonchev–Trinajstić information content (AvgIpc) is 2.11. The number of ketones is 1. The van der Waals surface area contributed by atoms with E-state index in [2.05, 4.69) is 15.9 Å². The van der Waals surface area contributed by atoms with Crippen molar-refractivity contribution in [1.82, 2.24) is 0 Å². The van der Waals surface area contributed by atoms with E-state index in [1.54, 1.807) is 22.8 Å². The number of hydrogen-bond acceptors (Lipinski definition) is 2. The SMILES string of the molecule is Nc1cccc(Br)[n+]1CC(=O)C(Cl)Cl. The lowest BCUT2D eigenvalue weighted by Crippen LogP contribution is -2.43. The Labute approximate surface area is 99.9 Å². The third kappa shape index (κ3) is 2.83. The Kier molecular flexibility index (Phi) is 4.16. The normalized spacial score (nSPS) is 10.6.